The Morgan fingerprint density at radius 2 is 1.87 bits per heavy atom. The smallest absolute Gasteiger partial charge is 0.306 e. The van der Waals surface area contributed by atoms with Crippen LogP contribution in [0, 0.1) is 11.8 Å². The van der Waals surface area contributed by atoms with Gasteiger partial charge < -0.3 is 9.84 Å². The standard InChI is InChI=1S/C17H32O2.C10H18O2/c1-4-5-6-7-8-12-17(3,19)13-11-15-9-10-16(18)14(15)2;1-4-5-6-7-8-10(11)12-9(2)3/h14-15,19H,4-13H2,1-3H3;4-5,9H,6-8H2,1-3H3/b;5-4-/t14?,15-,17-;/m1./s1. The summed E-state index contributed by atoms with van der Waals surface area (Å²) in [5.41, 5.74) is -0.530. The summed E-state index contributed by atoms with van der Waals surface area (Å²) in [6.45, 7) is 12.0. The van der Waals surface area contributed by atoms with Gasteiger partial charge in [-0.1, -0.05) is 58.1 Å². The molecule has 4 nitrogen and oxygen atoms in total. The molecule has 0 aromatic heterocycles. The summed E-state index contributed by atoms with van der Waals surface area (Å²) in [6, 6.07) is 0. The molecule has 0 aliphatic heterocycles. The van der Waals surface area contributed by atoms with Crippen molar-refractivity contribution in [3.63, 3.8) is 0 Å². The summed E-state index contributed by atoms with van der Waals surface area (Å²) in [4.78, 5) is 22.5. The Labute approximate surface area is 192 Å². The molecule has 1 rings (SSSR count). The second-order valence-electron chi connectivity index (χ2n) is 9.75. The highest BCUT2D eigenvalue weighted by atomic mass is 16.5. The number of Topliss-reactive ketones (excluding diaryl/α,β-unsaturated/α-hetero) is 1. The Kier molecular flexibility index (Phi) is 16.8. The minimum absolute atomic E-state index is 0.0132. The summed E-state index contributed by atoms with van der Waals surface area (Å²) >= 11 is 0. The van der Waals surface area contributed by atoms with Crippen LogP contribution in [-0.4, -0.2) is 28.6 Å². The number of aliphatic hydroxyl groups is 1. The van der Waals surface area contributed by atoms with Crippen molar-refractivity contribution in [2.75, 3.05) is 0 Å². The fourth-order valence-electron chi connectivity index (χ4n) is 4.05. The summed E-state index contributed by atoms with van der Waals surface area (Å²) in [5.74, 6) is 1.07. The molecule has 0 radical (unpaired) electrons. The lowest BCUT2D eigenvalue weighted by atomic mass is 9.85. The van der Waals surface area contributed by atoms with Gasteiger partial charge in [0.1, 0.15) is 5.78 Å². The van der Waals surface area contributed by atoms with E-state index in [2.05, 4.69) is 19.9 Å². The lowest BCUT2D eigenvalue weighted by molar-refractivity contribution is -0.147. The van der Waals surface area contributed by atoms with Crippen LogP contribution in [0.3, 0.4) is 0 Å². The van der Waals surface area contributed by atoms with Crippen LogP contribution in [0.15, 0.2) is 12.2 Å². The fourth-order valence-corrected chi connectivity index (χ4v) is 4.05. The number of unbranched alkanes of at least 4 members (excludes halogenated alkanes) is 5. The van der Waals surface area contributed by atoms with E-state index >= 15 is 0 Å². The predicted molar refractivity (Wildman–Crippen MR) is 130 cm³/mol. The zero-order valence-electron chi connectivity index (χ0n) is 21.3. The van der Waals surface area contributed by atoms with E-state index in [1.54, 1.807) is 0 Å². The van der Waals surface area contributed by atoms with E-state index in [1.165, 1.54) is 25.7 Å². The van der Waals surface area contributed by atoms with Crippen LogP contribution in [0.25, 0.3) is 0 Å². The maximum atomic E-state index is 11.5. The fraction of sp³-hybridized carbons (Fsp3) is 0.852. The highest BCUT2D eigenvalue weighted by molar-refractivity contribution is 5.82. The molecule has 1 aliphatic carbocycles. The average Bonchev–Trinajstić information content (AvgIpc) is 3.02. The summed E-state index contributed by atoms with van der Waals surface area (Å²) in [6.07, 6.45) is 17.2. The first-order chi connectivity index (χ1) is 14.6. The van der Waals surface area contributed by atoms with Crippen molar-refractivity contribution in [1.29, 1.82) is 0 Å². The number of allylic oxidation sites excluding steroid dienone is 2. The van der Waals surface area contributed by atoms with Crippen LogP contribution in [-0.2, 0) is 14.3 Å². The summed E-state index contributed by atoms with van der Waals surface area (Å²) < 4.78 is 4.97. The molecule has 1 N–H and O–H groups in total. The summed E-state index contributed by atoms with van der Waals surface area (Å²) in [7, 11) is 0. The van der Waals surface area contributed by atoms with E-state index in [4.69, 9.17) is 4.74 Å². The first kappa shape index (κ1) is 29.8. The van der Waals surface area contributed by atoms with Crippen LogP contribution in [0.2, 0.25) is 0 Å². The largest absolute Gasteiger partial charge is 0.463 e. The monoisotopic (exact) mass is 438 g/mol. The third-order valence-corrected chi connectivity index (χ3v) is 6.20. The minimum Gasteiger partial charge on any atom is -0.463 e. The van der Waals surface area contributed by atoms with Gasteiger partial charge in [-0.25, -0.2) is 0 Å². The van der Waals surface area contributed by atoms with Gasteiger partial charge in [0.25, 0.3) is 0 Å². The molecular weight excluding hydrogens is 388 g/mol. The second kappa shape index (κ2) is 17.4. The number of hydrogen-bond donors (Lipinski definition) is 1. The maximum Gasteiger partial charge on any atom is 0.306 e. The number of carbonyl (C=O) groups is 2. The molecule has 182 valence electrons. The lowest BCUT2D eigenvalue weighted by Gasteiger charge is -2.25. The maximum absolute atomic E-state index is 11.5. The third kappa shape index (κ3) is 16.2. The molecule has 0 spiro atoms. The molecular formula is C27H50O4. The van der Waals surface area contributed by atoms with Gasteiger partial charge in [0, 0.05) is 18.8 Å². The number of hydrogen-bond acceptors (Lipinski definition) is 4. The second-order valence-corrected chi connectivity index (χ2v) is 9.75. The number of carbonyl (C=O) groups excluding carboxylic acids is 2. The molecule has 1 fully saturated rings. The number of rotatable bonds is 14. The van der Waals surface area contributed by atoms with E-state index in [-0.39, 0.29) is 18.0 Å². The van der Waals surface area contributed by atoms with Crippen molar-refractivity contribution >= 4 is 11.8 Å². The SMILES string of the molecule is C/C=C\CCCC(=O)OC(C)C.CCCCCCC[C@@](C)(O)CC[C@H]1CCC(=O)C1C. The normalized spacial score (nSPS) is 20.6. The zero-order chi connectivity index (χ0) is 23.7. The number of ketones is 1. The van der Waals surface area contributed by atoms with Crippen molar-refractivity contribution in [1.82, 2.24) is 0 Å². The van der Waals surface area contributed by atoms with Gasteiger partial charge in [-0.3, -0.25) is 9.59 Å². The molecule has 0 aromatic carbocycles. The van der Waals surface area contributed by atoms with Crippen LogP contribution < -0.4 is 0 Å². The van der Waals surface area contributed by atoms with Gasteiger partial charge in [0.15, 0.2) is 0 Å². The Morgan fingerprint density at radius 3 is 2.42 bits per heavy atom. The third-order valence-electron chi connectivity index (χ3n) is 6.20. The minimum atomic E-state index is -0.530. The number of esters is 1. The van der Waals surface area contributed by atoms with E-state index in [1.807, 2.05) is 33.8 Å². The molecule has 1 saturated carbocycles. The quantitative estimate of drug-likeness (QED) is 0.177. The highest BCUT2D eigenvalue weighted by Crippen LogP contribution is 2.34. The predicted octanol–water partition coefficient (Wildman–Crippen LogP) is 7.18. The van der Waals surface area contributed by atoms with Gasteiger partial charge in [-0.2, -0.15) is 0 Å². The molecule has 31 heavy (non-hydrogen) atoms. The van der Waals surface area contributed by atoms with Gasteiger partial charge in [-0.15, -0.1) is 0 Å². The van der Waals surface area contributed by atoms with Crippen molar-refractivity contribution in [2.24, 2.45) is 11.8 Å². The lowest BCUT2D eigenvalue weighted by Crippen LogP contribution is -2.25. The van der Waals surface area contributed by atoms with Gasteiger partial charge in [-0.05, 0) is 72.1 Å². The van der Waals surface area contributed by atoms with Gasteiger partial charge >= 0.3 is 5.97 Å². The number of ether oxygens (including phenoxy) is 1. The van der Waals surface area contributed by atoms with Crippen LogP contribution >= 0.6 is 0 Å². The Hall–Kier alpha value is -1.16. The highest BCUT2D eigenvalue weighted by Gasteiger charge is 2.32. The summed E-state index contributed by atoms with van der Waals surface area (Å²) in [5, 5.41) is 10.4. The van der Waals surface area contributed by atoms with Crippen molar-refractivity contribution in [2.45, 2.75) is 137 Å². The van der Waals surface area contributed by atoms with E-state index < -0.39 is 5.60 Å². The Bertz CT molecular complexity index is 507. The van der Waals surface area contributed by atoms with E-state index in [9.17, 15) is 14.7 Å². The van der Waals surface area contributed by atoms with Gasteiger partial charge in [0.05, 0.1) is 11.7 Å². The molecule has 0 bridgehead atoms. The Balaban J connectivity index is 0.000000649. The first-order valence-corrected chi connectivity index (χ1v) is 12.7. The molecule has 3 atom stereocenters. The van der Waals surface area contributed by atoms with E-state index in [0.29, 0.717) is 18.1 Å². The molecule has 1 aliphatic rings. The average molecular weight is 439 g/mol. The van der Waals surface area contributed by atoms with Crippen molar-refractivity contribution in [3.8, 4) is 0 Å². The van der Waals surface area contributed by atoms with Gasteiger partial charge in [0.2, 0.25) is 0 Å². The van der Waals surface area contributed by atoms with Crippen molar-refractivity contribution in [3.05, 3.63) is 12.2 Å². The van der Waals surface area contributed by atoms with Crippen LogP contribution in [0.1, 0.15) is 125 Å². The molecule has 0 heterocycles. The topological polar surface area (TPSA) is 63.6 Å². The first-order valence-electron chi connectivity index (χ1n) is 12.7. The zero-order valence-corrected chi connectivity index (χ0v) is 21.3. The van der Waals surface area contributed by atoms with Crippen molar-refractivity contribution < 1.29 is 19.4 Å². The van der Waals surface area contributed by atoms with Crippen LogP contribution in [0.5, 0.6) is 0 Å². The Morgan fingerprint density at radius 1 is 1.19 bits per heavy atom. The molecule has 1 unspecified atom stereocenters. The molecule has 0 saturated heterocycles. The molecule has 0 aromatic rings. The molecule has 4 heteroatoms. The molecule has 0 amide bonds. The van der Waals surface area contributed by atoms with Crippen LogP contribution in [0.4, 0.5) is 0 Å². The van der Waals surface area contributed by atoms with E-state index in [0.717, 1.165) is 51.4 Å².